The average Bonchev–Trinajstić information content (AvgIpc) is 2.75. The summed E-state index contributed by atoms with van der Waals surface area (Å²) in [5.41, 5.74) is 6.00. The molecule has 0 aromatic carbocycles. The monoisotopic (exact) mass is 442 g/mol. The zero-order chi connectivity index (χ0) is 23.0. The van der Waals surface area contributed by atoms with Crippen molar-refractivity contribution >= 4 is 5.91 Å². The standard InChI is InChI=1S/C24H46N2O5/c1-5-17-11-8-14-26-23(29)18(6-2)10-7-9-15(3)12-13-19(17)31-24-22(28)20(25)21(27)16(4)30-24/h15-22,24,27-28H,5-14,25H2,1-4H3,(H,26,29)/t15-,16-,17+,18+,19+,20+,21+,22-,24-/m0/s1. The van der Waals surface area contributed by atoms with Crippen molar-refractivity contribution in [3.63, 3.8) is 0 Å². The summed E-state index contributed by atoms with van der Waals surface area (Å²) in [5, 5.41) is 23.8. The molecule has 31 heavy (non-hydrogen) atoms. The van der Waals surface area contributed by atoms with Crippen LogP contribution in [0, 0.1) is 17.8 Å². The fourth-order valence-corrected chi connectivity index (χ4v) is 4.97. The maximum Gasteiger partial charge on any atom is 0.223 e. The minimum Gasteiger partial charge on any atom is -0.389 e. The SMILES string of the molecule is CC[C@@H]1CCC[C@H](C)CC[C@@H](O[C@@H]2O[C@@H](C)[C@@H](O)[C@@H](N)[C@@H]2O)[C@H](CC)CCCNC1=O. The van der Waals surface area contributed by atoms with Crippen molar-refractivity contribution in [2.24, 2.45) is 23.5 Å². The molecule has 2 aliphatic heterocycles. The summed E-state index contributed by atoms with van der Waals surface area (Å²) in [4.78, 5) is 12.5. The fourth-order valence-electron chi connectivity index (χ4n) is 4.97. The van der Waals surface area contributed by atoms with Crippen LogP contribution in [0.3, 0.4) is 0 Å². The highest BCUT2D eigenvalue weighted by atomic mass is 16.7. The Morgan fingerprint density at radius 2 is 1.77 bits per heavy atom. The molecule has 2 saturated heterocycles. The Balaban J connectivity index is 2.07. The number of amides is 1. The Kier molecular flexibility index (Phi) is 11.2. The van der Waals surface area contributed by atoms with E-state index in [1.54, 1.807) is 6.92 Å². The lowest BCUT2D eigenvalue weighted by atomic mass is 9.86. The van der Waals surface area contributed by atoms with Crippen molar-refractivity contribution in [3.8, 4) is 0 Å². The smallest absolute Gasteiger partial charge is 0.223 e. The van der Waals surface area contributed by atoms with Crippen LogP contribution in [0.25, 0.3) is 0 Å². The van der Waals surface area contributed by atoms with E-state index in [0.29, 0.717) is 18.4 Å². The number of carbonyl (C=O) groups is 1. The van der Waals surface area contributed by atoms with E-state index in [0.717, 1.165) is 57.8 Å². The summed E-state index contributed by atoms with van der Waals surface area (Å²) in [6.07, 6.45) is 5.43. The molecule has 0 bridgehead atoms. The van der Waals surface area contributed by atoms with E-state index in [1.807, 2.05) is 0 Å². The predicted octanol–water partition coefficient (Wildman–Crippen LogP) is 2.71. The average molecular weight is 443 g/mol. The quantitative estimate of drug-likeness (QED) is 0.532. The molecule has 1 amide bonds. The summed E-state index contributed by atoms with van der Waals surface area (Å²) in [7, 11) is 0. The van der Waals surface area contributed by atoms with Gasteiger partial charge in [-0.1, -0.05) is 40.0 Å². The normalized spacial score (nSPS) is 41.9. The van der Waals surface area contributed by atoms with Crippen LogP contribution in [0.1, 0.15) is 85.5 Å². The third kappa shape index (κ3) is 7.67. The first-order valence-electron chi connectivity index (χ1n) is 12.5. The number of rotatable bonds is 4. The lowest BCUT2D eigenvalue weighted by Gasteiger charge is -2.42. The highest BCUT2D eigenvalue weighted by Crippen LogP contribution is 2.30. The molecule has 0 saturated carbocycles. The summed E-state index contributed by atoms with van der Waals surface area (Å²) in [6, 6.07) is -0.784. The molecule has 2 fully saturated rings. The first-order chi connectivity index (χ1) is 14.8. The molecule has 0 unspecified atom stereocenters. The van der Waals surface area contributed by atoms with Crippen LogP contribution in [-0.4, -0.2) is 59.4 Å². The lowest BCUT2D eigenvalue weighted by Crippen LogP contribution is -2.61. The molecule has 182 valence electrons. The second-order valence-electron chi connectivity index (χ2n) is 9.76. The molecule has 0 radical (unpaired) electrons. The van der Waals surface area contributed by atoms with Gasteiger partial charge in [0.2, 0.25) is 5.91 Å². The van der Waals surface area contributed by atoms with E-state index >= 15 is 0 Å². The molecule has 2 heterocycles. The first-order valence-corrected chi connectivity index (χ1v) is 12.5. The van der Waals surface area contributed by atoms with E-state index in [2.05, 4.69) is 26.1 Å². The van der Waals surface area contributed by atoms with Gasteiger partial charge in [0.15, 0.2) is 6.29 Å². The molecule has 2 rings (SSSR count). The van der Waals surface area contributed by atoms with Crippen LogP contribution in [0.15, 0.2) is 0 Å². The molecule has 9 atom stereocenters. The minimum atomic E-state index is -1.06. The highest BCUT2D eigenvalue weighted by molar-refractivity contribution is 5.78. The molecule has 5 N–H and O–H groups in total. The van der Waals surface area contributed by atoms with Crippen LogP contribution >= 0.6 is 0 Å². The van der Waals surface area contributed by atoms with Gasteiger partial charge >= 0.3 is 0 Å². The second-order valence-corrected chi connectivity index (χ2v) is 9.76. The van der Waals surface area contributed by atoms with Crippen LogP contribution in [0.2, 0.25) is 0 Å². The van der Waals surface area contributed by atoms with Gasteiger partial charge in [0.05, 0.1) is 24.4 Å². The van der Waals surface area contributed by atoms with Gasteiger partial charge in [-0.05, 0) is 57.3 Å². The minimum absolute atomic E-state index is 0.0521. The summed E-state index contributed by atoms with van der Waals surface area (Å²) in [5.74, 6) is 1.17. The van der Waals surface area contributed by atoms with Crippen molar-refractivity contribution in [2.75, 3.05) is 6.54 Å². The van der Waals surface area contributed by atoms with Gasteiger partial charge in [-0.25, -0.2) is 0 Å². The van der Waals surface area contributed by atoms with E-state index in [9.17, 15) is 15.0 Å². The van der Waals surface area contributed by atoms with Crippen LogP contribution in [0.5, 0.6) is 0 Å². The molecule has 0 aliphatic carbocycles. The number of nitrogens with two attached hydrogens (primary N) is 1. The molecule has 0 aromatic heterocycles. The number of hydrogen-bond acceptors (Lipinski definition) is 6. The van der Waals surface area contributed by atoms with E-state index < -0.39 is 30.6 Å². The van der Waals surface area contributed by atoms with Crippen molar-refractivity contribution < 1.29 is 24.5 Å². The van der Waals surface area contributed by atoms with Crippen LogP contribution in [0.4, 0.5) is 0 Å². The van der Waals surface area contributed by atoms with Gasteiger partial charge in [-0.3, -0.25) is 4.79 Å². The van der Waals surface area contributed by atoms with Crippen molar-refractivity contribution in [1.29, 1.82) is 0 Å². The number of hydrogen-bond donors (Lipinski definition) is 4. The molecule has 7 nitrogen and oxygen atoms in total. The Morgan fingerprint density at radius 3 is 2.45 bits per heavy atom. The van der Waals surface area contributed by atoms with Gasteiger partial charge in [-0.2, -0.15) is 0 Å². The molecule has 2 aliphatic rings. The summed E-state index contributed by atoms with van der Waals surface area (Å²) < 4.78 is 12.1. The van der Waals surface area contributed by atoms with Crippen molar-refractivity contribution in [2.45, 2.75) is 122 Å². The van der Waals surface area contributed by atoms with Crippen molar-refractivity contribution in [3.05, 3.63) is 0 Å². The number of aliphatic hydroxyl groups is 2. The second kappa shape index (κ2) is 13.1. The number of ether oxygens (including phenoxy) is 2. The Labute approximate surface area is 188 Å². The zero-order valence-electron chi connectivity index (χ0n) is 20.0. The zero-order valence-corrected chi connectivity index (χ0v) is 20.0. The summed E-state index contributed by atoms with van der Waals surface area (Å²) in [6.45, 7) is 8.97. The summed E-state index contributed by atoms with van der Waals surface area (Å²) >= 11 is 0. The third-order valence-corrected chi connectivity index (χ3v) is 7.36. The molecule has 0 aromatic rings. The van der Waals surface area contributed by atoms with Crippen molar-refractivity contribution in [1.82, 2.24) is 5.32 Å². The molecule has 0 spiro atoms. The number of carbonyl (C=O) groups excluding carboxylic acids is 1. The van der Waals surface area contributed by atoms with Gasteiger partial charge < -0.3 is 30.7 Å². The maximum absolute atomic E-state index is 12.5. The molecular formula is C24H46N2O5. The van der Waals surface area contributed by atoms with Gasteiger partial charge in [0, 0.05) is 12.5 Å². The van der Waals surface area contributed by atoms with Crippen LogP contribution in [-0.2, 0) is 14.3 Å². The highest BCUT2D eigenvalue weighted by Gasteiger charge is 2.42. The number of nitrogens with one attached hydrogen (secondary N) is 1. The predicted molar refractivity (Wildman–Crippen MR) is 121 cm³/mol. The molecular weight excluding hydrogens is 396 g/mol. The molecule has 7 heteroatoms. The lowest BCUT2D eigenvalue weighted by molar-refractivity contribution is -0.286. The first kappa shape index (κ1) is 26.5. The topological polar surface area (TPSA) is 114 Å². The van der Waals surface area contributed by atoms with Gasteiger partial charge in [0.25, 0.3) is 0 Å². The van der Waals surface area contributed by atoms with Crippen LogP contribution < -0.4 is 11.1 Å². The van der Waals surface area contributed by atoms with Gasteiger partial charge in [0.1, 0.15) is 6.10 Å². The fraction of sp³-hybridized carbons (Fsp3) is 0.958. The Bertz CT molecular complexity index is 534. The van der Waals surface area contributed by atoms with E-state index in [1.165, 1.54) is 0 Å². The maximum atomic E-state index is 12.5. The van der Waals surface area contributed by atoms with Gasteiger partial charge in [-0.15, -0.1) is 0 Å². The third-order valence-electron chi connectivity index (χ3n) is 7.36. The Morgan fingerprint density at radius 1 is 1.03 bits per heavy atom. The van der Waals surface area contributed by atoms with E-state index in [4.69, 9.17) is 15.2 Å². The largest absolute Gasteiger partial charge is 0.389 e. The van der Waals surface area contributed by atoms with E-state index in [-0.39, 0.29) is 17.9 Å². The Hall–Kier alpha value is -0.730. The number of aliphatic hydroxyl groups excluding tert-OH is 2.